The van der Waals surface area contributed by atoms with Crippen LogP contribution in [0.1, 0.15) is 11.3 Å². The van der Waals surface area contributed by atoms with Crippen LogP contribution in [0.2, 0.25) is 0 Å². The zero-order valence-electron chi connectivity index (χ0n) is 9.34. The minimum absolute atomic E-state index is 0.467. The van der Waals surface area contributed by atoms with Crippen LogP contribution in [0.15, 0.2) is 24.3 Å². The number of nitrogen functional groups attached to an aromatic ring is 1. The number of rotatable bonds is 3. The number of hydrogen-bond acceptors (Lipinski definition) is 4. The largest absolute Gasteiger partial charge is 0.496 e. The van der Waals surface area contributed by atoms with Gasteiger partial charge in [0, 0.05) is 5.56 Å². The van der Waals surface area contributed by atoms with Crippen molar-refractivity contribution in [1.29, 1.82) is 0 Å². The van der Waals surface area contributed by atoms with E-state index in [1.54, 1.807) is 11.8 Å². The van der Waals surface area contributed by atoms with Gasteiger partial charge in [-0.05, 0) is 13.0 Å². The summed E-state index contributed by atoms with van der Waals surface area (Å²) >= 11 is 0. The number of benzene rings is 1. The quantitative estimate of drug-likeness (QED) is 0.841. The van der Waals surface area contributed by atoms with Crippen LogP contribution in [0.25, 0.3) is 0 Å². The van der Waals surface area contributed by atoms with Crippen LogP contribution in [0.3, 0.4) is 0 Å². The predicted molar refractivity (Wildman–Crippen MR) is 61.3 cm³/mol. The van der Waals surface area contributed by atoms with Crippen LogP contribution in [0.5, 0.6) is 5.75 Å². The van der Waals surface area contributed by atoms with Crippen LogP contribution in [-0.2, 0) is 6.54 Å². The molecule has 2 aromatic rings. The number of nitrogens with two attached hydrogens (primary N) is 1. The highest BCUT2D eigenvalue weighted by atomic mass is 16.5. The van der Waals surface area contributed by atoms with Crippen LogP contribution in [0, 0.1) is 6.92 Å². The van der Waals surface area contributed by atoms with E-state index in [9.17, 15) is 0 Å². The van der Waals surface area contributed by atoms with E-state index in [2.05, 4.69) is 10.3 Å². The highest BCUT2D eigenvalue weighted by Crippen LogP contribution is 2.19. The van der Waals surface area contributed by atoms with Crippen molar-refractivity contribution in [2.75, 3.05) is 12.8 Å². The lowest BCUT2D eigenvalue weighted by molar-refractivity contribution is 0.407. The summed E-state index contributed by atoms with van der Waals surface area (Å²) in [5.41, 5.74) is 7.56. The van der Waals surface area contributed by atoms with E-state index < -0.39 is 0 Å². The molecular formula is C11H14N4O. The van der Waals surface area contributed by atoms with Crippen molar-refractivity contribution in [3.8, 4) is 5.75 Å². The molecule has 0 amide bonds. The molecule has 0 radical (unpaired) electrons. The van der Waals surface area contributed by atoms with E-state index in [4.69, 9.17) is 10.5 Å². The van der Waals surface area contributed by atoms with Gasteiger partial charge in [0.25, 0.3) is 0 Å². The first-order valence-corrected chi connectivity index (χ1v) is 5.00. The molecule has 1 aromatic carbocycles. The van der Waals surface area contributed by atoms with E-state index in [1.807, 2.05) is 31.2 Å². The monoisotopic (exact) mass is 218 g/mol. The summed E-state index contributed by atoms with van der Waals surface area (Å²) in [4.78, 5) is 0. The maximum Gasteiger partial charge on any atom is 0.168 e. The van der Waals surface area contributed by atoms with Crippen molar-refractivity contribution in [2.45, 2.75) is 13.5 Å². The van der Waals surface area contributed by atoms with E-state index in [0.717, 1.165) is 17.0 Å². The lowest BCUT2D eigenvalue weighted by Crippen LogP contribution is -2.05. The van der Waals surface area contributed by atoms with Crippen LogP contribution < -0.4 is 10.5 Å². The number of hydrogen-bond donors (Lipinski definition) is 1. The first-order chi connectivity index (χ1) is 7.72. The molecule has 0 atom stereocenters. The topological polar surface area (TPSA) is 66.0 Å². The zero-order valence-corrected chi connectivity index (χ0v) is 9.34. The Kier molecular flexibility index (Phi) is 2.76. The molecule has 16 heavy (non-hydrogen) atoms. The smallest absolute Gasteiger partial charge is 0.168 e. The summed E-state index contributed by atoms with van der Waals surface area (Å²) in [5.74, 6) is 1.31. The van der Waals surface area contributed by atoms with Crippen LogP contribution >= 0.6 is 0 Å². The minimum Gasteiger partial charge on any atom is -0.496 e. The molecule has 0 spiro atoms. The molecule has 1 aromatic heterocycles. The Balaban J connectivity index is 2.30. The molecule has 0 unspecified atom stereocenters. The van der Waals surface area contributed by atoms with E-state index in [1.165, 1.54) is 0 Å². The van der Waals surface area contributed by atoms with E-state index in [-0.39, 0.29) is 0 Å². The standard InChI is InChI=1S/C11H14N4O/c1-8-11(12)13-14-15(8)7-9-5-3-4-6-10(9)16-2/h3-6H,7,12H2,1-2H3. The fourth-order valence-corrected chi connectivity index (χ4v) is 1.52. The van der Waals surface area contributed by atoms with Crippen LogP contribution in [-0.4, -0.2) is 22.1 Å². The second-order valence-electron chi connectivity index (χ2n) is 3.53. The van der Waals surface area contributed by atoms with Gasteiger partial charge in [-0.2, -0.15) is 0 Å². The summed E-state index contributed by atoms with van der Waals surface area (Å²) in [7, 11) is 1.65. The number of para-hydroxylation sites is 1. The van der Waals surface area contributed by atoms with Gasteiger partial charge in [-0.15, -0.1) is 5.10 Å². The maximum absolute atomic E-state index is 5.64. The number of nitrogens with zero attached hydrogens (tertiary/aromatic N) is 3. The number of methoxy groups -OCH3 is 1. The zero-order chi connectivity index (χ0) is 11.5. The first kappa shape index (κ1) is 10.5. The van der Waals surface area contributed by atoms with Gasteiger partial charge >= 0.3 is 0 Å². The lowest BCUT2D eigenvalue weighted by Gasteiger charge is -2.08. The average molecular weight is 218 g/mol. The lowest BCUT2D eigenvalue weighted by atomic mass is 10.2. The third-order valence-electron chi connectivity index (χ3n) is 2.53. The van der Waals surface area contributed by atoms with Gasteiger partial charge in [-0.3, -0.25) is 0 Å². The van der Waals surface area contributed by atoms with E-state index >= 15 is 0 Å². The molecule has 0 aliphatic carbocycles. The molecule has 2 rings (SSSR count). The Hall–Kier alpha value is -2.04. The first-order valence-electron chi connectivity index (χ1n) is 5.00. The Labute approximate surface area is 93.8 Å². The molecule has 0 bridgehead atoms. The molecule has 2 N–H and O–H groups in total. The molecule has 0 aliphatic heterocycles. The highest BCUT2D eigenvalue weighted by Gasteiger charge is 2.08. The summed E-state index contributed by atoms with van der Waals surface area (Å²) in [6.45, 7) is 2.50. The Morgan fingerprint density at radius 1 is 1.38 bits per heavy atom. The Bertz CT molecular complexity index is 492. The van der Waals surface area contributed by atoms with Crippen molar-refractivity contribution in [3.63, 3.8) is 0 Å². The van der Waals surface area contributed by atoms with Crippen molar-refractivity contribution in [2.24, 2.45) is 0 Å². The molecule has 1 heterocycles. The van der Waals surface area contributed by atoms with Gasteiger partial charge in [0.1, 0.15) is 5.75 Å². The molecule has 0 fully saturated rings. The number of anilines is 1. The van der Waals surface area contributed by atoms with Gasteiger partial charge in [0.2, 0.25) is 0 Å². The van der Waals surface area contributed by atoms with Crippen LogP contribution in [0.4, 0.5) is 5.82 Å². The average Bonchev–Trinajstić information content (AvgIpc) is 2.62. The molecule has 0 saturated heterocycles. The second kappa shape index (κ2) is 4.22. The van der Waals surface area contributed by atoms with Crippen molar-refractivity contribution in [3.05, 3.63) is 35.5 Å². The minimum atomic E-state index is 0.467. The van der Waals surface area contributed by atoms with Crippen molar-refractivity contribution < 1.29 is 4.74 Å². The molecule has 5 nitrogen and oxygen atoms in total. The van der Waals surface area contributed by atoms with Gasteiger partial charge in [0.05, 0.1) is 19.3 Å². The van der Waals surface area contributed by atoms with Crippen molar-refractivity contribution in [1.82, 2.24) is 15.0 Å². The highest BCUT2D eigenvalue weighted by molar-refractivity contribution is 5.35. The Morgan fingerprint density at radius 3 is 2.75 bits per heavy atom. The summed E-state index contributed by atoms with van der Waals surface area (Å²) in [6, 6.07) is 7.82. The van der Waals surface area contributed by atoms with Gasteiger partial charge in [-0.25, -0.2) is 4.68 Å². The van der Waals surface area contributed by atoms with E-state index in [0.29, 0.717) is 12.4 Å². The maximum atomic E-state index is 5.64. The SMILES string of the molecule is COc1ccccc1Cn1nnc(N)c1C. The van der Waals surface area contributed by atoms with Gasteiger partial charge < -0.3 is 10.5 Å². The predicted octanol–water partition coefficient (Wildman–Crippen LogP) is 1.23. The fraction of sp³-hybridized carbons (Fsp3) is 0.273. The normalized spacial score (nSPS) is 10.4. The number of aromatic nitrogens is 3. The third-order valence-corrected chi connectivity index (χ3v) is 2.53. The Morgan fingerprint density at radius 2 is 2.12 bits per heavy atom. The molecule has 0 saturated carbocycles. The van der Waals surface area contributed by atoms with Crippen molar-refractivity contribution >= 4 is 5.82 Å². The fourth-order valence-electron chi connectivity index (χ4n) is 1.52. The summed E-state index contributed by atoms with van der Waals surface area (Å²) in [5, 5.41) is 7.79. The number of ether oxygens (including phenoxy) is 1. The molecular weight excluding hydrogens is 204 g/mol. The third kappa shape index (κ3) is 1.84. The molecule has 0 aliphatic rings. The summed E-state index contributed by atoms with van der Waals surface area (Å²) in [6.07, 6.45) is 0. The molecule has 84 valence electrons. The second-order valence-corrected chi connectivity index (χ2v) is 3.53. The van der Waals surface area contributed by atoms with Gasteiger partial charge in [-0.1, -0.05) is 23.4 Å². The molecule has 5 heteroatoms. The summed E-state index contributed by atoms with van der Waals surface area (Å²) < 4.78 is 7.03. The van der Waals surface area contributed by atoms with Gasteiger partial charge in [0.15, 0.2) is 5.82 Å².